The molecular weight excluding hydrogens is 242 g/mol. The van der Waals surface area contributed by atoms with E-state index in [0.29, 0.717) is 17.9 Å². The second kappa shape index (κ2) is 6.38. The third-order valence-corrected chi connectivity index (χ3v) is 2.87. The van der Waals surface area contributed by atoms with Crippen molar-refractivity contribution < 1.29 is 14.6 Å². The average molecular weight is 263 g/mol. The maximum atomic E-state index is 11.6. The van der Waals surface area contributed by atoms with E-state index in [-0.39, 0.29) is 0 Å². The first-order valence-electron chi connectivity index (χ1n) is 6.08. The highest BCUT2D eigenvalue weighted by atomic mass is 16.5. The predicted octanol–water partition coefficient (Wildman–Crippen LogP) is 2.64. The molecule has 1 N–H and O–H groups in total. The number of methoxy groups -OCH3 is 1. The number of carbonyl (C=O) groups is 1. The Bertz CT molecular complexity index is 482. The van der Waals surface area contributed by atoms with Crippen molar-refractivity contribution in [1.82, 2.24) is 4.90 Å². The Morgan fingerprint density at radius 2 is 2.16 bits per heavy atom. The first kappa shape index (κ1) is 15.2. The number of hydrogen-bond acceptors (Lipinski definition) is 3. The molecule has 0 aliphatic rings. The Kier molecular flexibility index (Phi) is 5.12. The highest BCUT2D eigenvalue weighted by molar-refractivity contribution is 5.77. The third-order valence-electron chi connectivity index (χ3n) is 2.87. The molecule has 1 aromatic carbocycles. The Balaban J connectivity index is 3.22. The van der Waals surface area contributed by atoms with E-state index in [1.807, 2.05) is 26.0 Å². The molecule has 19 heavy (non-hydrogen) atoms. The Morgan fingerprint density at radius 3 is 2.63 bits per heavy atom. The van der Waals surface area contributed by atoms with Gasteiger partial charge in [-0.2, -0.15) is 0 Å². The fourth-order valence-corrected chi connectivity index (χ4v) is 2.14. The summed E-state index contributed by atoms with van der Waals surface area (Å²) in [5, 5.41) is 9.49. The quantitative estimate of drug-likeness (QED) is 0.802. The molecule has 104 valence electrons. The number of carboxylic acid groups (broad SMARTS) is 1. The van der Waals surface area contributed by atoms with Gasteiger partial charge in [-0.05, 0) is 27.0 Å². The molecule has 0 fully saturated rings. The molecule has 0 radical (unpaired) electrons. The molecule has 0 aliphatic carbocycles. The average Bonchev–Trinajstić information content (AvgIpc) is 2.27. The number of carboxylic acids is 1. The van der Waals surface area contributed by atoms with Gasteiger partial charge in [0.15, 0.2) is 0 Å². The van der Waals surface area contributed by atoms with Gasteiger partial charge in [0.25, 0.3) is 0 Å². The van der Waals surface area contributed by atoms with Crippen LogP contribution in [0.1, 0.15) is 24.1 Å². The van der Waals surface area contributed by atoms with E-state index < -0.39 is 12.0 Å². The fraction of sp³-hybridized carbons (Fsp3) is 0.400. The number of benzene rings is 1. The molecule has 4 heteroatoms. The molecule has 0 spiro atoms. The van der Waals surface area contributed by atoms with Crippen LogP contribution in [0.5, 0.6) is 5.75 Å². The van der Waals surface area contributed by atoms with E-state index in [4.69, 9.17) is 4.74 Å². The van der Waals surface area contributed by atoms with E-state index in [2.05, 4.69) is 6.58 Å². The van der Waals surface area contributed by atoms with E-state index in [9.17, 15) is 9.90 Å². The van der Waals surface area contributed by atoms with E-state index in [1.54, 1.807) is 25.1 Å². The first-order chi connectivity index (χ1) is 8.86. The van der Waals surface area contributed by atoms with Crippen LogP contribution < -0.4 is 4.74 Å². The van der Waals surface area contributed by atoms with Crippen LogP contribution in [0.15, 0.2) is 30.4 Å². The SMILES string of the molecule is C=C(C)CN(C)[C@@H](C(=O)O)c1cc(C)ccc1OC. The molecule has 1 aromatic rings. The van der Waals surface area contributed by atoms with Gasteiger partial charge in [-0.15, -0.1) is 0 Å². The largest absolute Gasteiger partial charge is 0.496 e. The summed E-state index contributed by atoms with van der Waals surface area (Å²) in [5.41, 5.74) is 2.59. The Morgan fingerprint density at radius 1 is 1.53 bits per heavy atom. The van der Waals surface area contributed by atoms with Crippen LogP contribution >= 0.6 is 0 Å². The summed E-state index contributed by atoms with van der Waals surface area (Å²) in [6.07, 6.45) is 0. The summed E-state index contributed by atoms with van der Waals surface area (Å²) in [7, 11) is 3.32. The zero-order valence-electron chi connectivity index (χ0n) is 11.9. The number of aryl methyl sites for hydroxylation is 1. The van der Waals surface area contributed by atoms with Crippen molar-refractivity contribution in [3.8, 4) is 5.75 Å². The summed E-state index contributed by atoms with van der Waals surface area (Å²) in [5.74, 6) is -0.306. The molecule has 0 saturated carbocycles. The molecule has 1 atom stereocenters. The van der Waals surface area contributed by atoms with Crippen LogP contribution in [0.2, 0.25) is 0 Å². The Labute approximate surface area is 114 Å². The lowest BCUT2D eigenvalue weighted by atomic mass is 10.0. The lowest BCUT2D eigenvalue weighted by Crippen LogP contribution is -2.32. The van der Waals surface area contributed by atoms with Crippen LogP contribution in [0, 0.1) is 6.92 Å². The molecule has 0 aliphatic heterocycles. The van der Waals surface area contributed by atoms with Gasteiger partial charge in [-0.3, -0.25) is 9.69 Å². The van der Waals surface area contributed by atoms with E-state index in [0.717, 1.165) is 11.1 Å². The minimum atomic E-state index is -0.896. The molecular formula is C15H21NO3. The number of hydrogen-bond donors (Lipinski definition) is 1. The number of rotatable bonds is 6. The monoisotopic (exact) mass is 263 g/mol. The van der Waals surface area contributed by atoms with Crippen molar-refractivity contribution in [3.05, 3.63) is 41.5 Å². The molecule has 4 nitrogen and oxygen atoms in total. The molecule has 0 saturated heterocycles. The summed E-state index contributed by atoms with van der Waals surface area (Å²) in [6.45, 7) is 8.16. The van der Waals surface area contributed by atoms with Crippen LogP contribution in [0.4, 0.5) is 0 Å². The van der Waals surface area contributed by atoms with Gasteiger partial charge < -0.3 is 9.84 Å². The van der Waals surface area contributed by atoms with Gasteiger partial charge in [-0.1, -0.05) is 29.8 Å². The highest BCUT2D eigenvalue weighted by Crippen LogP contribution is 2.30. The number of ether oxygens (including phenoxy) is 1. The van der Waals surface area contributed by atoms with E-state index in [1.165, 1.54) is 0 Å². The molecule has 0 amide bonds. The topological polar surface area (TPSA) is 49.8 Å². The fourth-order valence-electron chi connectivity index (χ4n) is 2.14. The third kappa shape index (κ3) is 3.83. The number of aliphatic carboxylic acids is 1. The van der Waals surface area contributed by atoms with Crippen molar-refractivity contribution in [2.45, 2.75) is 19.9 Å². The van der Waals surface area contributed by atoms with Gasteiger partial charge in [0.05, 0.1) is 7.11 Å². The van der Waals surface area contributed by atoms with Crippen LogP contribution in [0.25, 0.3) is 0 Å². The molecule has 1 rings (SSSR count). The summed E-state index contributed by atoms with van der Waals surface area (Å²) < 4.78 is 5.27. The van der Waals surface area contributed by atoms with E-state index >= 15 is 0 Å². The lowest BCUT2D eigenvalue weighted by molar-refractivity contribution is -0.142. The van der Waals surface area contributed by atoms with Crippen LogP contribution in [-0.2, 0) is 4.79 Å². The minimum absolute atomic E-state index is 0.522. The van der Waals surface area contributed by atoms with Crippen molar-refractivity contribution >= 4 is 5.97 Å². The molecule has 0 heterocycles. The maximum absolute atomic E-state index is 11.6. The zero-order chi connectivity index (χ0) is 14.6. The first-order valence-corrected chi connectivity index (χ1v) is 6.08. The minimum Gasteiger partial charge on any atom is -0.496 e. The number of likely N-dealkylation sites (N-methyl/N-ethyl adjacent to an activating group) is 1. The maximum Gasteiger partial charge on any atom is 0.325 e. The molecule has 0 unspecified atom stereocenters. The zero-order valence-corrected chi connectivity index (χ0v) is 11.9. The van der Waals surface area contributed by atoms with Crippen molar-refractivity contribution in [3.63, 3.8) is 0 Å². The van der Waals surface area contributed by atoms with Crippen molar-refractivity contribution in [2.75, 3.05) is 20.7 Å². The summed E-state index contributed by atoms with van der Waals surface area (Å²) >= 11 is 0. The van der Waals surface area contributed by atoms with Gasteiger partial charge in [0.1, 0.15) is 11.8 Å². The number of nitrogens with zero attached hydrogens (tertiary/aromatic N) is 1. The van der Waals surface area contributed by atoms with Gasteiger partial charge in [0, 0.05) is 12.1 Å². The summed E-state index contributed by atoms with van der Waals surface area (Å²) in [4.78, 5) is 13.3. The van der Waals surface area contributed by atoms with Crippen molar-refractivity contribution in [2.24, 2.45) is 0 Å². The van der Waals surface area contributed by atoms with Crippen LogP contribution in [-0.4, -0.2) is 36.7 Å². The smallest absolute Gasteiger partial charge is 0.325 e. The molecule has 0 aromatic heterocycles. The normalized spacial score (nSPS) is 12.3. The lowest BCUT2D eigenvalue weighted by Gasteiger charge is -2.26. The second-order valence-electron chi connectivity index (χ2n) is 4.86. The second-order valence-corrected chi connectivity index (χ2v) is 4.86. The van der Waals surface area contributed by atoms with Crippen LogP contribution in [0.3, 0.4) is 0 Å². The van der Waals surface area contributed by atoms with Gasteiger partial charge >= 0.3 is 5.97 Å². The standard InChI is InChI=1S/C15H21NO3/c1-10(2)9-16(4)14(15(17)18)12-8-11(3)6-7-13(12)19-5/h6-8,14H,1,9H2,2-5H3,(H,17,18)/t14-/m1/s1. The Hall–Kier alpha value is -1.81. The van der Waals surface area contributed by atoms with Gasteiger partial charge in [-0.25, -0.2) is 0 Å². The summed E-state index contributed by atoms with van der Waals surface area (Å²) in [6, 6.07) is 4.81. The predicted molar refractivity (Wildman–Crippen MR) is 75.6 cm³/mol. The highest BCUT2D eigenvalue weighted by Gasteiger charge is 2.27. The molecule has 0 bridgehead atoms. The van der Waals surface area contributed by atoms with Gasteiger partial charge in [0.2, 0.25) is 0 Å². The van der Waals surface area contributed by atoms with Crippen molar-refractivity contribution in [1.29, 1.82) is 0 Å².